The predicted molar refractivity (Wildman–Crippen MR) is 59.5 cm³/mol. The van der Waals surface area contributed by atoms with E-state index >= 15 is 0 Å². The molecular formula is C12H16N2. The average Bonchev–Trinajstić information content (AvgIpc) is 2.59. The van der Waals surface area contributed by atoms with Crippen LogP contribution in [0, 0.1) is 0 Å². The van der Waals surface area contributed by atoms with E-state index in [9.17, 15) is 0 Å². The fourth-order valence-electron chi connectivity index (χ4n) is 2.03. The normalized spacial score (nSPS) is 11.1. The van der Waals surface area contributed by atoms with Gasteiger partial charge in [0.05, 0.1) is 11.7 Å². The smallest absolute Gasteiger partial charge is 0.0667 e. The molecule has 0 aromatic carbocycles. The Balaban J connectivity index is 2.77. The van der Waals surface area contributed by atoms with Crippen LogP contribution in [0.3, 0.4) is 0 Å². The zero-order chi connectivity index (χ0) is 10.1. The molecule has 0 unspecified atom stereocenters. The van der Waals surface area contributed by atoms with Crippen LogP contribution >= 0.6 is 0 Å². The molecule has 0 atom stereocenters. The summed E-state index contributed by atoms with van der Waals surface area (Å²) in [7, 11) is 2.06. The van der Waals surface area contributed by atoms with Crippen molar-refractivity contribution in [2.45, 2.75) is 26.7 Å². The second kappa shape index (κ2) is 3.45. The molecule has 74 valence electrons. The summed E-state index contributed by atoms with van der Waals surface area (Å²) in [5.74, 6) is 0. The summed E-state index contributed by atoms with van der Waals surface area (Å²) in [5.41, 5.74) is 3.89. The van der Waals surface area contributed by atoms with Crippen molar-refractivity contribution in [3.05, 3.63) is 29.7 Å². The highest BCUT2D eigenvalue weighted by molar-refractivity contribution is 5.83. The van der Waals surface area contributed by atoms with Crippen LogP contribution in [0.5, 0.6) is 0 Å². The summed E-state index contributed by atoms with van der Waals surface area (Å²) in [6.07, 6.45) is 6.17. The lowest BCUT2D eigenvalue weighted by molar-refractivity contribution is 0.945. The van der Waals surface area contributed by atoms with Gasteiger partial charge in [-0.15, -0.1) is 0 Å². The molecular weight excluding hydrogens is 172 g/mol. The second-order valence-corrected chi connectivity index (χ2v) is 3.62. The molecule has 2 heterocycles. The Morgan fingerprint density at radius 1 is 1.29 bits per heavy atom. The van der Waals surface area contributed by atoms with Gasteiger partial charge >= 0.3 is 0 Å². The SMILES string of the molecule is CCc1ncc2c(ccn2C)c1CC. The predicted octanol–water partition coefficient (Wildman–Crippen LogP) is 2.70. The lowest BCUT2D eigenvalue weighted by Gasteiger charge is -2.06. The van der Waals surface area contributed by atoms with E-state index in [-0.39, 0.29) is 0 Å². The number of rotatable bonds is 2. The van der Waals surface area contributed by atoms with Gasteiger partial charge in [-0.25, -0.2) is 0 Å². The van der Waals surface area contributed by atoms with Crippen LogP contribution in [-0.4, -0.2) is 9.55 Å². The number of hydrogen-bond donors (Lipinski definition) is 0. The van der Waals surface area contributed by atoms with Gasteiger partial charge in [0.1, 0.15) is 0 Å². The zero-order valence-corrected chi connectivity index (χ0v) is 9.04. The summed E-state index contributed by atoms with van der Waals surface area (Å²) in [6, 6.07) is 2.19. The Bertz CT molecular complexity index is 455. The molecule has 2 aromatic rings. The monoisotopic (exact) mass is 188 g/mol. The maximum Gasteiger partial charge on any atom is 0.0667 e. The van der Waals surface area contributed by atoms with Crippen LogP contribution in [0.25, 0.3) is 10.9 Å². The number of hydrogen-bond acceptors (Lipinski definition) is 1. The molecule has 2 aromatic heterocycles. The Hall–Kier alpha value is -1.31. The van der Waals surface area contributed by atoms with Gasteiger partial charge in [0.15, 0.2) is 0 Å². The first-order valence-corrected chi connectivity index (χ1v) is 5.19. The van der Waals surface area contributed by atoms with Crippen LogP contribution in [0.4, 0.5) is 0 Å². The van der Waals surface area contributed by atoms with Crippen LogP contribution in [0.1, 0.15) is 25.1 Å². The van der Waals surface area contributed by atoms with E-state index in [0.29, 0.717) is 0 Å². The molecule has 0 spiro atoms. The van der Waals surface area contributed by atoms with Crippen LogP contribution < -0.4 is 0 Å². The minimum atomic E-state index is 1.02. The highest BCUT2D eigenvalue weighted by Crippen LogP contribution is 2.22. The molecule has 14 heavy (non-hydrogen) atoms. The first kappa shape index (κ1) is 9.25. The van der Waals surface area contributed by atoms with Gasteiger partial charge in [0, 0.05) is 24.3 Å². The largest absolute Gasteiger partial charge is 0.349 e. The molecule has 0 radical (unpaired) electrons. The van der Waals surface area contributed by atoms with E-state index in [0.717, 1.165) is 12.8 Å². The fraction of sp³-hybridized carbons (Fsp3) is 0.417. The molecule has 0 aliphatic carbocycles. The van der Waals surface area contributed by atoms with E-state index < -0.39 is 0 Å². The number of fused-ring (bicyclic) bond motifs is 1. The summed E-state index contributed by atoms with van der Waals surface area (Å²) < 4.78 is 2.13. The molecule has 0 bridgehead atoms. The molecule has 2 heteroatoms. The zero-order valence-electron chi connectivity index (χ0n) is 9.04. The van der Waals surface area contributed by atoms with Gasteiger partial charge in [0.2, 0.25) is 0 Å². The Kier molecular flexibility index (Phi) is 2.28. The van der Waals surface area contributed by atoms with Crippen molar-refractivity contribution in [3.63, 3.8) is 0 Å². The lowest BCUT2D eigenvalue weighted by Crippen LogP contribution is -1.96. The molecule has 0 aliphatic heterocycles. The molecule has 0 fully saturated rings. The minimum Gasteiger partial charge on any atom is -0.349 e. The number of aryl methyl sites for hydroxylation is 3. The maximum atomic E-state index is 4.51. The highest BCUT2D eigenvalue weighted by Gasteiger charge is 2.07. The van der Waals surface area contributed by atoms with E-state index in [2.05, 4.69) is 42.7 Å². The standard InChI is InChI=1S/C12H16N2/c1-4-9-10-6-7-14(3)12(10)8-13-11(9)5-2/h6-8H,4-5H2,1-3H3. The minimum absolute atomic E-state index is 1.02. The molecule has 2 nitrogen and oxygen atoms in total. The Morgan fingerprint density at radius 2 is 2.07 bits per heavy atom. The van der Waals surface area contributed by atoms with Gasteiger partial charge < -0.3 is 4.57 Å². The van der Waals surface area contributed by atoms with Crippen molar-refractivity contribution < 1.29 is 0 Å². The van der Waals surface area contributed by atoms with Crippen molar-refractivity contribution in [1.82, 2.24) is 9.55 Å². The maximum absolute atomic E-state index is 4.51. The van der Waals surface area contributed by atoms with Gasteiger partial charge in [-0.05, 0) is 24.5 Å². The molecule has 0 N–H and O–H groups in total. The van der Waals surface area contributed by atoms with Crippen LogP contribution in [-0.2, 0) is 19.9 Å². The Morgan fingerprint density at radius 3 is 2.71 bits per heavy atom. The van der Waals surface area contributed by atoms with Gasteiger partial charge in [-0.3, -0.25) is 4.98 Å². The lowest BCUT2D eigenvalue weighted by atomic mass is 10.1. The van der Waals surface area contributed by atoms with Gasteiger partial charge in [-0.2, -0.15) is 0 Å². The van der Waals surface area contributed by atoms with Crippen molar-refractivity contribution in [3.8, 4) is 0 Å². The first-order chi connectivity index (χ1) is 6.77. The Labute approximate surface area is 84.6 Å². The van der Waals surface area contributed by atoms with Crippen LogP contribution in [0.15, 0.2) is 18.5 Å². The third kappa shape index (κ3) is 1.22. The van der Waals surface area contributed by atoms with Crippen molar-refractivity contribution >= 4 is 10.9 Å². The van der Waals surface area contributed by atoms with Crippen molar-refractivity contribution in [1.29, 1.82) is 0 Å². The van der Waals surface area contributed by atoms with Crippen molar-refractivity contribution in [2.24, 2.45) is 7.05 Å². The molecule has 0 saturated heterocycles. The van der Waals surface area contributed by atoms with Gasteiger partial charge in [0.25, 0.3) is 0 Å². The van der Waals surface area contributed by atoms with Crippen molar-refractivity contribution in [2.75, 3.05) is 0 Å². The quantitative estimate of drug-likeness (QED) is 0.708. The third-order valence-corrected chi connectivity index (χ3v) is 2.83. The molecule has 0 amide bonds. The summed E-state index contributed by atoms with van der Waals surface area (Å²) in [6.45, 7) is 4.36. The van der Waals surface area contributed by atoms with Gasteiger partial charge in [-0.1, -0.05) is 13.8 Å². The fourth-order valence-corrected chi connectivity index (χ4v) is 2.03. The summed E-state index contributed by atoms with van der Waals surface area (Å²) in [4.78, 5) is 4.51. The molecule has 0 aliphatic rings. The summed E-state index contributed by atoms with van der Waals surface area (Å²) >= 11 is 0. The highest BCUT2D eigenvalue weighted by atomic mass is 14.9. The van der Waals surface area contributed by atoms with E-state index in [1.54, 1.807) is 0 Å². The first-order valence-electron chi connectivity index (χ1n) is 5.19. The second-order valence-electron chi connectivity index (χ2n) is 3.62. The summed E-state index contributed by atoms with van der Waals surface area (Å²) in [5, 5.41) is 1.36. The number of nitrogens with zero attached hydrogens (tertiary/aromatic N) is 2. The van der Waals surface area contributed by atoms with E-state index in [1.807, 2.05) is 6.20 Å². The molecule has 2 rings (SSSR count). The topological polar surface area (TPSA) is 17.8 Å². The van der Waals surface area contributed by atoms with E-state index in [4.69, 9.17) is 0 Å². The number of pyridine rings is 1. The average molecular weight is 188 g/mol. The molecule has 0 saturated carbocycles. The van der Waals surface area contributed by atoms with Crippen LogP contribution in [0.2, 0.25) is 0 Å². The van der Waals surface area contributed by atoms with E-state index in [1.165, 1.54) is 22.2 Å². The number of aromatic nitrogens is 2. The third-order valence-electron chi connectivity index (χ3n) is 2.83.